The summed E-state index contributed by atoms with van der Waals surface area (Å²) in [6.07, 6.45) is 3.29. The number of hydrogen-bond donors (Lipinski definition) is 1. The highest BCUT2D eigenvalue weighted by Crippen LogP contribution is 2.27. The predicted molar refractivity (Wildman–Crippen MR) is 98.0 cm³/mol. The van der Waals surface area contributed by atoms with E-state index in [-0.39, 0.29) is 12.5 Å². The van der Waals surface area contributed by atoms with Gasteiger partial charge in [0.1, 0.15) is 12.2 Å². The Morgan fingerprint density at radius 2 is 1.76 bits per heavy atom. The number of carbonyl (C=O) groups excluding carboxylic acids is 1. The SMILES string of the molecule is O=C(Cn1nc(-c2ccccc2)c2ccccc21)Nc1cccnc1. The van der Waals surface area contributed by atoms with E-state index in [1.54, 1.807) is 23.1 Å². The third kappa shape index (κ3) is 3.12. The molecule has 5 heteroatoms. The summed E-state index contributed by atoms with van der Waals surface area (Å²) in [7, 11) is 0. The van der Waals surface area contributed by atoms with Gasteiger partial charge in [0.25, 0.3) is 0 Å². The van der Waals surface area contributed by atoms with Crippen molar-refractivity contribution in [2.75, 3.05) is 5.32 Å². The van der Waals surface area contributed by atoms with E-state index in [0.717, 1.165) is 22.2 Å². The Morgan fingerprint density at radius 1 is 0.960 bits per heavy atom. The van der Waals surface area contributed by atoms with Crippen molar-refractivity contribution in [3.63, 3.8) is 0 Å². The molecule has 0 radical (unpaired) electrons. The van der Waals surface area contributed by atoms with E-state index in [2.05, 4.69) is 15.4 Å². The lowest BCUT2D eigenvalue weighted by Gasteiger charge is -2.05. The van der Waals surface area contributed by atoms with Gasteiger partial charge in [-0.1, -0.05) is 48.5 Å². The second kappa shape index (κ2) is 6.57. The van der Waals surface area contributed by atoms with E-state index in [1.165, 1.54) is 0 Å². The quantitative estimate of drug-likeness (QED) is 0.621. The third-order valence-corrected chi connectivity index (χ3v) is 3.94. The van der Waals surface area contributed by atoms with Gasteiger partial charge in [-0.15, -0.1) is 0 Å². The molecule has 0 saturated carbocycles. The summed E-state index contributed by atoms with van der Waals surface area (Å²) in [6.45, 7) is 0.141. The lowest BCUT2D eigenvalue weighted by molar-refractivity contribution is -0.116. The number of anilines is 1. The molecule has 4 aromatic rings. The first-order valence-electron chi connectivity index (χ1n) is 8.02. The maximum Gasteiger partial charge on any atom is 0.246 e. The Bertz CT molecular complexity index is 1010. The van der Waals surface area contributed by atoms with Gasteiger partial charge < -0.3 is 5.32 Å². The Morgan fingerprint density at radius 3 is 2.56 bits per heavy atom. The molecule has 0 aliphatic rings. The molecule has 0 fully saturated rings. The average molecular weight is 328 g/mol. The zero-order valence-corrected chi connectivity index (χ0v) is 13.5. The Balaban J connectivity index is 1.67. The van der Waals surface area contributed by atoms with Crippen LogP contribution in [0.2, 0.25) is 0 Å². The van der Waals surface area contributed by atoms with Crippen molar-refractivity contribution in [3.8, 4) is 11.3 Å². The lowest BCUT2D eigenvalue weighted by Crippen LogP contribution is -2.19. The molecule has 1 N–H and O–H groups in total. The van der Waals surface area contributed by atoms with Crippen LogP contribution in [-0.2, 0) is 11.3 Å². The standard InChI is InChI=1S/C20H16N4O/c25-19(22-16-9-6-12-21-13-16)14-24-18-11-5-4-10-17(18)20(23-24)15-7-2-1-3-8-15/h1-13H,14H2,(H,22,25). The van der Waals surface area contributed by atoms with Gasteiger partial charge in [0, 0.05) is 17.1 Å². The summed E-state index contributed by atoms with van der Waals surface area (Å²) in [5, 5.41) is 8.55. The number of para-hydroxylation sites is 1. The molecule has 25 heavy (non-hydrogen) atoms. The van der Waals surface area contributed by atoms with Crippen molar-refractivity contribution in [1.82, 2.24) is 14.8 Å². The summed E-state index contributed by atoms with van der Waals surface area (Å²) in [6, 6.07) is 21.5. The molecule has 2 heterocycles. The first-order valence-corrected chi connectivity index (χ1v) is 8.02. The summed E-state index contributed by atoms with van der Waals surface area (Å²) >= 11 is 0. The van der Waals surface area contributed by atoms with Gasteiger partial charge in [0.2, 0.25) is 5.91 Å². The van der Waals surface area contributed by atoms with E-state index >= 15 is 0 Å². The van der Waals surface area contributed by atoms with Gasteiger partial charge in [-0.25, -0.2) is 0 Å². The zero-order chi connectivity index (χ0) is 17.1. The van der Waals surface area contributed by atoms with Crippen LogP contribution in [0.15, 0.2) is 79.1 Å². The van der Waals surface area contributed by atoms with Crippen LogP contribution in [-0.4, -0.2) is 20.7 Å². The number of pyridine rings is 1. The molecule has 0 saturated heterocycles. The van der Waals surface area contributed by atoms with Gasteiger partial charge in [-0.3, -0.25) is 14.5 Å². The van der Waals surface area contributed by atoms with Crippen LogP contribution >= 0.6 is 0 Å². The fourth-order valence-corrected chi connectivity index (χ4v) is 2.83. The van der Waals surface area contributed by atoms with Crippen LogP contribution < -0.4 is 5.32 Å². The Labute approximate surface area is 144 Å². The molecule has 122 valence electrons. The first-order chi connectivity index (χ1) is 12.3. The van der Waals surface area contributed by atoms with Crippen molar-refractivity contribution in [3.05, 3.63) is 79.1 Å². The summed E-state index contributed by atoms with van der Waals surface area (Å²) in [4.78, 5) is 16.4. The summed E-state index contributed by atoms with van der Waals surface area (Å²) in [5.74, 6) is -0.138. The molecular weight excluding hydrogens is 312 g/mol. The highest BCUT2D eigenvalue weighted by molar-refractivity contribution is 5.95. The zero-order valence-electron chi connectivity index (χ0n) is 13.5. The van der Waals surface area contributed by atoms with E-state index < -0.39 is 0 Å². The number of nitrogens with one attached hydrogen (secondary N) is 1. The monoisotopic (exact) mass is 328 g/mol. The van der Waals surface area contributed by atoms with Crippen LogP contribution in [0.1, 0.15) is 0 Å². The van der Waals surface area contributed by atoms with Crippen molar-refractivity contribution >= 4 is 22.5 Å². The summed E-state index contributed by atoms with van der Waals surface area (Å²) in [5.41, 5.74) is 3.52. The molecule has 1 amide bonds. The highest BCUT2D eigenvalue weighted by atomic mass is 16.2. The van der Waals surface area contributed by atoms with Crippen molar-refractivity contribution < 1.29 is 4.79 Å². The second-order valence-electron chi connectivity index (χ2n) is 5.68. The number of fused-ring (bicyclic) bond motifs is 1. The van der Waals surface area contributed by atoms with Crippen LogP contribution in [0, 0.1) is 0 Å². The molecule has 4 rings (SSSR count). The largest absolute Gasteiger partial charge is 0.323 e. The molecule has 0 aliphatic heterocycles. The molecule has 2 aromatic heterocycles. The van der Waals surface area contributed by atoms with Crippen LogP contribution in [0.25, 0.3) is 22.2 Å². The minimum atomic E-state index is -0.138. The number of rotatable bonds is 4. The fraction of sp³-hybridized carbons (Fsp3) is 0.0500. The predicted octanol–water partition coefficient (Wildman–Crippen LogP) is 3.74. The van der Waals surface area contributed by atoms with Gasteiger partial charge in [0.05, 0.1) is 17.4 Å². The smallest absolute Gasteiger partial charge is 0.246 e. The average Bonchev–Trinajstić information content (AvgIpc) is 3.02. The number of nitrogens with zero attached hydrogens (tertiary/aromatic N) is 3. The van der Waals surface area contributed by atoms with Crippen molar-refractivity contribution in [2.45, 2.75) is 6.54 Å². The van der Waals surface area contributed by atoms with E-state index in [4.69, 9.17) is 0 Å². The van der Waals surface area contributed by atoms with Crippen molar-refractivity contribution in [1.29, 1.82) is 0 Å². The number of benzene rings is 2. The maximum atomic E-state index is 12.4. The molecule has 0 unspecified atom stereocenters. The minimum absolute atomic E-state index is 0.138. The maximum absolute atomic E-state index is 12.4. The highest BCUT2D eigenvalue weighted by Gasteiger charge is 2.14. The fourth-order valence-electron chi connectivity index (χ4n) is 2.83. The molecule has 0 spiro atoms. The van der Waals surface area contributed by atoms with Crippen molar-refractivity contribution in [2.24, 2.45) is 0 Å². The first kappa shape index (κ1) is 15.1. The topological polar surface area (TPSA) is 59.8 Å². The Hall–Kier alpha value is -3.47. The van der Waals surface area contributed by atoms with Crippen LogP contribution in [0.3, 0.4) is 0 Å². The normalized spacial score (nSPS) is 10.7. The molecule has 0 atom stereocenters. The number of aromatic nitrogens is 3. The molecule has 0 aliphatic carbocycles. The lowest BCUT2D eigenvalue weighted by atomic mass is 10.1. The van der Waals surface area contributed by atoms with Gasteiger partial charge in [-0.2, -0.15) is 5.10 Å². The van der Waals surface area contributed by atoms with Gasteiger partial charge in [-0.05, 0) is 18.2 Å². The van der Waals surface area contributed by atoms with E-state index in [1.807, 2.05) is 60.7 Å². The van der Waals surface area contributed by atoms with Crippen LogP contribution in [0.4, 0.5) is 5.69 Å². The minimum Gasteiger partial charge on any atom is -0.323 e. The number of carbonyl (C=O) groups is 1. The van der Waals surface area contributed by atoms with Gasteiger partial charge in [0.15, 0.2) is 0 Å². The van der Waals surface area contributed by atoms with E-state index in [9.17, 15) is 4.79 Å². The molecule has 5 nitrogen and oxygen atoms in total. The Kier molecular flexibility index (Phi) is 3.96. The molecular formula is C20H16N4O. The van der Waals surface area contributed by atoms with Gasteiger partial charge >= 0.3 is 0 Å². The molecule has 0 bridgehead atoms. The second-order valence-corrected chi connectivity index (χ2v) is 5.68. The number of hydrogen-bond acceptors (Lipinski definition) is 3. The molecule has 2 aromatic carbocycles. The third-order valence-electron chi connectivity index (χ3n) is 3.94. The van der Waals surface area contributed by atoms with E-state index in [0.29, 0.717) is 5.69 Å². The van der Waals surface area contributed by atoms with Crippen LogP contribution in [0.5, 0.6) is 0 Å². The summed E-state index contributed by atoms with van der Waals surface area (Å²) < 4.78 is 1.74. The number of amides is 1.